The van der Waals surface area contributed by atoms with Crippen LogP contribution in [0.3, 0.4) is 0 Å². The van der Waals surface area contributed by atoms with Crippen LogP contribution in [0, 0.1) is 12.8 Å². The first-order valence-corrected chi connectivity index (χ1v) is 20.6. The Morgan fingerprint density at radius 3 is 2.03 bits per heavy atom. The molecule has 0 aromatic heterocycles. The van der Waals surface area contributed by atoms with E-state index in [0.717, 1.165) is 5.56 Å². The van der Waals surface area contributed by atoms with E-state index in [0.29, 0.717) is 49.2 Å². The quantitative estimate of drug-likeness (QED) is 0.0912. The number of ether oxygens (including phenoxy) is 2. The van der Waals surface area contributed by atoms with Gasteiger partial charge in [-0.05, 0) is 122 Å². The Morgan fingerprint density at radius 1 is 0.800 bits per heavy atom. The van der Waals surface area contributed by atoms with Crippen molar-refractivity contribution in [3.63, 3.8) is 0 Å². The van der Waals surface area contributed by atoms with Crippen LogP contribution in [0.4, 0.5) is 16.2 Å². The highest BCUT2D eigenvalue weighted by molar-refractivity contribution is 6.00. The van der Waals surface area contributed by atoms with Gasteiger partial charge in [0.15, 0.2) is 0 Å². The maximum atomic E-state index is 14.0. The Bertz CT molecular complexity index is 1820. The normalized spacial score (nSPS) is 15.6. The number of hydrogen-bond acceptors (Lipinski definition) is 10. The number of rotatable bonds is 18. The van der Waals surface area contributed by atoms with Crippen LogP contribution in [-0.4, -0.2) is 95.0 Å². The van der Waals surface area contributed by atoms with Crippen molar-refractivity contribution in [2.45, 2.75) is 143 Å². The monoisotopic (exact) mass is 835 g/mol. The van der Waals surface area contributed by atoms with E-state index in [1.54, 1.807) is 85.7 Å². The Kier molecular flexibility index (Phi) is 18.1. The Balaban J connectivity index is 1.76. The van der Waals surface area contributed by atoms with Gasteiger partial charge < -0.3 is 46.7 Å². The van der Waals surface area contributed by atoms with Crippen molar-refractivity contribution in [2.75, 3.05) is 23.7 Å². The molecule has 2 aromatic rings. The summed E-state index contributed by atoms with van der Waals surface area (Å²) in [7, 11) is 0. The number of hydrogen-bond donors (Lipinski definition) is 6. The van der Waals surface area contributed by atoms with E-state index in [2.05, 4.69) is 26.6 Å². The molecule has 2 aromatic carbocycles. The number of carbonyl (C=O) groups is 7. The van der Waals surface area contributed by atoms with Gasteiger partial charge in [0.1, 0.15) is 35.4 Å². The molecule has 7 N–H and O–H groups in total. The number of anilines is 2. The summed E-state index contributed by atoms with van der Waals surface area (Å²) < 4.78 is 11.1. The van der Waals surface area contributed by atoms with E-state index < -0.39 is 89.3 Å². The van der Waals surface area contributed by atoms with Gasteiger partial charge in [-0.25, -0.2) is 9.59 Å². The van der Waals surface area contributed by atoms with Crippen LogP contribution >= 0.6 is 0 Å². The first-order valence-electron chi connectivity index (χ1n) is 20.6. The van der Waals surface area contributed by atoms with E-state index in [1.807, 2.05) is 25.1 Å². The van der Waals surface area contributed by atoms with Crippen LogP contribution in [-0.2, 0) is 44.7 Å². The number of benzene rings is 2. The minimum absolute atomic E-state index is 0.100. The fourth-order valence-electron chi connectivity index (χ4n) is 6.52. The number of nitrogens with zero attached hydrogens (tertiary/aromatic N) is 1. The molecule has 0 bridgehead atoms. The molecule has 3 rings (SSSR count). The molecule has 0 spiro atoms. The lowest BCUT2D eigenvalue weighted by molar-refractivity contribution is -0.164. The number of esters is 2. The van der Waals surface area contributed by atoms with Crippen molar-refractivity contribution >= 4 is 53.0 Å². The summed E-state index contributed by atoms with van der Waals surface area (Å²) >= 11 is 0. The van der Waals surface area contributed by atoms with Crippen LogP contribution in [0.2, 0.25) is 0 Å². The van der Waals surface area contributed by atoms with Crippen molar-refractivity contribution in [1.29, 1.82) is 0 Å². The number of para-hydroxylation sites is 1. The molecule has 0 radical (unpaired) electrons. The number of nitrogens with one attached hydrogen (secondary N) is 5. The number of urea groups is 1. The molecular formula is C44H65N7O9. The Hall–Kier alpha value is -5.51. The second-order valence-electron chi connectivity index (χ2n) is 17.5. The van der Waals surface area contributed by atoms with Gasteiger partial charge in [0.25, 0.3) is 0 Å². The lowest BCUT2D eigenvalue weighted by atomic mass is 10.0. The summed E-state index contributed by atoms with van der Waals surface area (Å²) in [4.78, 5) is 95.4. The van der Waals surface area contributed by atoms with Gasteiger partial charge in [-0.2, -0.15) is 0 Å². The number of aryl methyl sites for hydroxylation is 1. The molecule has 6 amide bonds. The van der Waals surface area contributed by atoms with Crippen LogP contribution < -0.4 is 32.3 Å². The molecule has 1 aliphatic heterocycles. The van der Waals surface area contributed by atoms with Gasteiger partial charge in [-0.3, -0.25) is 24.0 Å². The highest BCUT2D eigenvalue weighted by Gasteiger charge is 2.41. The average Bonchev–Trinajstić information content (AvgIpc) is 3.64. The van der Waals surface area contributed by atoms with Crippen LogP contribution in [0.1, 0.15) is 105 Å². The Morgan fingerprint density at radius 2 is 1.43 bits per heavy atom. The summed E-state index contributed by atoms with van der Waals surface area (Å²) in [6.07, 6.45) is 1.53. The van der Waals surface area contributed by atoms with E-state index in [9.17, 15) is 33.6 Å². The Labute approximate surface area is 353 Å². The first kappa shape index (κ1) is 48.9. The number of likely N-dealkylation sites (tertiary alicyclic amines) is 1. The highest BCUT2D eigenvalue weighted by atomic mass is 16.6. The molecule has 1 aliphatic rings. The molecule has 16 nitrogen and oxygen atoms in total. The molecule has 16 heteroatoms. The molecule has 0 aliphatic carbocycles. The van der Waals surface area contributed by atoms with E-state index >= 15 is 0 Å². The lowest BCUT2D eigenvalue weighted by Crippen LogP contribution is -2.59. The third-order valence-corrected chi connectivity index (χ3v) is 9.44. The zero-order chi connectivity index (χ0) is 44.8. The van der Waals surface area contributed by atoms with Gasteiger partial charge in [-0.1, -0.05) is 44.2 Å². The largest absolute Gasteiger partial charge is 0.460 e. The standard InChI is InChI=1S/C44H65N7O9/c1-27(2)37(40(56)51-24-14-18-34(51)41(57)60-44(7,8)9)50-39(55)33(26-36(53)59-43(4,5)6)48-38(54)32(17-12-13-23-45)47-35(52)25-29-19-21-30(22-20-29)46-42(58)49-31-16-11-10-15-28(31)3/h10-11,15-16,19-22,27,32-34,37H,12-14,17-18,23-26,45H2,1-9H3,(H,47,52)(H,48,54)(H,50,55)(H2,46,49,58)/t32-,33?,34?,37-/m0/s1. The average molecular weight is 836 g/mol. The smallest absolute Gasteiger partial charge is 0.329 e. The van der Waals surface area contributed by atoms with Crippen LogP contribution in [0.25, 0.3) is 0 Å². The number of carbonyl (C=O) groups excluding carboxylic acids is 7. The summed E-state index contributed by atoms with van der Waals surface area (Å²) in [5.74, 6) is -4.26. The molecule has 0 saturated carbocycles. The molecule has 330 valence electrons. The molecule has 1 fully saturated rings. The number of unbranched alkanes of at least 4 members (excludes halogenated alkanes) is 1. The topological polar surface area (TPSA) is 227 Å². The predicted molar refractivity (Wildman–Crippen MR) is 229 cm³/mol. The van der Waals surface area contributed by atoms with Gasteiger partial charge in [0, 0.05) is 17.9 Å². The molecule has 1 heterocycles. The molecule has 4 atom stereocenters. The van der Waals surface area contributed by atoms with Gasteiger partial charge in [0.05, 0.1) is 12.8 Å². The third-order valence-electron chi connectivity index (χ3n) is 9.44. The van der Waals surface area contributed by atoms with Crippen molar-refractivity contribution < 1.29 is 43.0 Å². The maximum Gasteiger partial charge on any atom is 0.329 e. The number of nitrogens with two attached hydrogens (primary N) is 1. The second-order valence-corrected chi connectivity index (χ2v) is 17.5. The van der Waals surface area contributed by atoms with Gasteiger partial charge in [0.2, 0.25) is 23.6 Å². The fourth-order valence-corrected chi connectivity index (χ4v) is 6.52. The van der Waals surface area contributed by atoms with E-state index in [4.69, 9.17) is 15.2 Å². The van der Waals surface area contributed by atoms with Crippen LogP contribution in [0.5, 0.6) is 0 Å². The van der Waals surface area contributed by atoms with Crippen molar-refractivity contribution in [1.82, 2.24) is 20.9 Å². The molecule has 1 saturated heterocycles. The highest BCUT2D eigenvalue weighted by Crippen LogP contribution is 2.24. The molecular weight excluding hydrogens is 771 g/mol. The molecule has 2 unspecified atom stereocenters. The molecule has 60 heavy (non-hydrogen) atoms. The summed E-state index contributed by atoms with van der Waals surface area (Å²) in [6.45, 7) is 16.2. The fraction of sp³-hybridized carbons (Fsp3) is 0.568. The van der Waals surface area contributed by atoms with Gasteiger partial charge in [-0.15, -0.1) is 0 Å². The summed E-state index contributed by atoms with van der Waals surface area (Å²) in [5, 5.41) is 13.7. The van der Waals surface area contributed by atoms with Crippen LogP contribution in [0.15, 0.2) is 48.5 Å². The minimum atomic E-state index is -1.49. The van der Waals surface area contributed by atoms with Gasteiger partial charge >= 0.3 is 18.0 Å². The zero-order valence-electron chi connectivity index (χ0n) is 36.6. The van der Waals surface area contributed by atoms with E-state index in [1.165, 1.54) is 4.90 Å². The van der Waals surface area contributed by atoms with Crippen molar-refractivity contribution in [3.8, 4) is 0 Å². The zero-order valence-corrected chi connectivity index (χ0v) is 36.6. The summed E-state index contributed by atoms with van der Waals surface area (Å²) in [6, 6.07) is 9.09. The second kappa shape index (κ2) is 22.2. The predicted octanol–water partition coefficient (Wildman–Crippen LogP) is 4.49. The first-order chi connectivity index (χ1) is 28.1. The third kappa shape index (κ3) is 16.3. The van der Waals surface area contributed by atoms with Crippen molar-refractivity contribution in [2.24, 2.45) is 11.7 Å². The van der Waals surface area contributed by atoms with Crippen molar-refractivity contribution in [3.05, 3.63) is 59.7 Å². The number of amides is 6. The summed E-state index contributed by atoms with van der Waals surface area (Å²) in [5.41, 5.74) is 6.75. The SMILES string of the molecule is Cc1ccccc1NC(=O)Nc1ccc(CC(=O)N[C@@H](CCCCN)C(=O)NC(CC(=O)OC(C)(C)C)C(=O)N[C@H](C(=O)N2CCCC2C(=O)OC(C)(C)C)C(C)C)cc1. The minimum Gasteiger partial charge on any atom is -0.460 e. The maximum absolute atomic E-state index is 14.0. The lowest BCUT2D eigenvalue weighted by Gasteiger charge is -2.32. The van der Waals surface area contributed by atoms with E-state index in [-0.39, 0.29) is 19.4 Å².